The van der Waals surface area contributed by atoms with Crippen LogP contribution >= 0.6 is 0 Å². The molecule has 2 atom stereocenters. The van der Waals surface area contributed by atoms with Gasteiger partial charge < -0.3 is 4.90 Å². The average Bonchev–Trinajstić information content (AvgIpc) is 2.71. The van der Waals surface area contributed by atoms with Gasteiger partial charge in [0.1, 0.15) is 0 Å². The van der Waals surface area contributed by atoms with E-state index in [0.29, 0.717) is 24.1 Å². The summed E-state index contributed by atoms with van der Waals surface area (Å²) in [6.45, 7) is 1.55. The van der Waals surface area contributed by atoms with Crippen LogP contribution in [0.25, 0.3) is 0 Å². The lowest BCUT2D eigenvalue weighted by Crippen LogP contribution is -2.59. The molecule has 0 unspecified atom stereocenters. The Morgan fingerprint density at radius 3 is 2.50 bits per heavy atom. The lowest BCUT2D eigenvalue weighted by molar-refractivity contribution is -0.139. The Bertz CT molecular complexity index is 767. The lowest BCUT2D eigenvalue weighted by atomic mass is 9.80. The number of carbonyl (C=O) groups is 3. The number of carbonyl (C=O) groups excluding carboxylic acids is 3. The topological polar surface area (TPSA) is 69.7 Å². The fraction of sp³-hybridized carbons (Fsp3) is 0.450. The van der Waals surface area contributed by atoms with Gasteiger partial charge in [-0.3, -0.25) is 19.8 Å². The standard InChI is InChI=1S/C20H23N3O3/c24-18-16-9-2-3-10-17(16)20(26)23(21-18)15-8-6-7-14(13-15)19(25)22-11-4-1-5-12-22/h2-3,6-8,13,16-17H,1,4-5,9-12H2,(H,21,24)/t16-,17-/m0/s1. The van der Waals surface area contributed by atoms with Gasteiger partial charge in [-0.05, 0) is 50.3 Å². The molecule has 0 radical (unpaired) electrons. The quantitative estimate of drug-likeness (QED) is 0.829. The third-order valence-electron chi connectivity index (χ3n) is 5.52. The summed E-state index contributed by atoms with van der Waals surface area (Å²) in [6.07, 6.45) is 8.33. The van der Waals surface area contributed by atoms with Crippen molar-refractivity contribution in [2.24, 2.45) is 11.8 Å². The molecule has 0 saturated carbocycles. The molecular formula is C20H23N3O3. The average molecular weight is 353 g/mol. The molecule has 6 nitrogen and oxygen atoms in total. The first-order chi connectivity index (χ1) is 12.6. The fourth-order valence-electron chi connectivity index (χ4n) is 4.04. The highest BCUT2D eigenvalue weighted by Crippen LogP contribution is 2.32. The number of hydrogen-bond acceptors (Lipinski definition) is 3. The van der Waals surface area contributed by atoms with Gasteiger partial charge in [0.25, 0.3) is 5.91 Å². The van der Waals surface area contributed by atoms with Crippen molar-refractivity contribution in [3.8, 4) is 0 Å². The van der Waals surface area contributed by atoms with Crippen LogP contribution in [-0.4, -0.2) is 35.7 Å². The largest absolute Gasteiger partial charge is 0.339 e. The van der Waals surface area contributed by atoms with Crippen molar-refractivity contribution in [2.75, 3.05) is 18.1 Å². The summed E-state index contributed by atoms with van der Waals surface area (Å²) in [5.74, 6) is -0.869. The van der Waals surface area contributed by atoms with E-state index in [9.17, 15) is 14.4 Å². The number of likely N-dealkylation sites (tertiary alicyclic amines) is 1. The van der Waals surface area contributed by atoms with Crippen molar-refractivity contribution in [1.29, 1.82) is 0 Å². The van der Waals surface area contributed by atoms with Gasteiger partial charge in [-0.15, -0.1) is 0 Å². The molecule has 26 heavy (non-hydrogen) atoms. The van der Waals surface area contributed by atoms with Crippen LogP contribution in [0.4, 0.5) is 5.69 Å². The van der Waals surface area contributed by atoms with E-state index in [1.165, 1.54) is 5.01 Å². The Labute approximate surface area is 152 Å². The molecule has 1 aromatic carbocycles. The van der Waals surface area contributed by atoms with E-state index < -0.39 is 0 Å². The minimum Gasteiger partial charge on any atom is -0.339 e. The summed E-state index contributed by atoms with van der Waals surface area (Å²) in [4.78, 5) is 39.9. The number of amides is 3. The van der Waals surface area contributed by atoms with Crippen LogP contribution in [0.2, 0.25) is 0 Å². The maximum absolute atomic E-state index is 12.9. The van der Waals surface area contributed by atoms with Gasteiger partial charge in [0.2, 0.25) is 11.8 Å². The van der Waals surface area contributed by atoms with Gasteiger partial charge in [-0.25, -0.2) is 5.01 Å². The minimum absolute atomic E-state index is 0.0131. The predicted octanol–water partition coefficient (Wildman–Crippen LogP) is 2.27. The Hall–Kier alpha value is -2.63. The van der Waals surface area contributed by atoms with Crippen LogP contribution in [0.5, 0.6) is 0 Å². The number of benzene rings is 1. The van der Waals surface area contributed by atoms with Crippen LogP contribution < -0.4 is 10.4 Å². The zero-order chi connectivity index (χ0) is 18.1. The van der Waals surface area contributed by atoms with Crippen LogP contribution in [0.3, 0.4) is 0 Å². The molecule has 2 saturated heterocycles. The first kappa shape index (κ1) is 16.8. The van der Waals surface area contributed by atoms with Crippen LogP contribution in [0.15, 0.2) is 36.4 Å². The first-order valence-electron chi connectivity index (χ1n) is 9.34. The third kappa shape index (κ3) is 3.00. The monoisotopic (exact) mass is 353 g/mol. The van der Waals surface area contributed by atoms with Gasteiger partial charge in [-0.1, -0.05) is 18.2 Å². The zero-order valence-electron chi connectivity index (χ0n) is 14.7. The molecule has 2 fully saturated rings. The number of allylic oxidation sites excluding steroid dienone is 2. The molecule has 1 aromatic rings. The number of nitrogens with zero attached hydrogens (tertiary/aromatic N) is 2. The van der Waals surface area contributed by atoms with Gasteiger partial charge in [0.15, 0.2) is 0 Å². The normalized spacial score (nSPS) is 25.7. The van der Waals surface area contributed by atoms with Gasteiger partial charge >= 0.3 is 0 Å². The van der Waals surface area contributed by atoms with Crippen molar-refractivity contribution in [2.45, 2.75) is 32.1 Å². The maximum atomic E-state index is 12.9. The summed E-state index contributed by atoms with van der Waals surface area (Å²) in [7, 11) is 0. The SMILES string of the molecule is O=C1NN(c2cccc(C(=O)N3CCCCC3)c2)C(=O)[C@H]2CC=CC[C@H]12. The van der Waals surface area contributed by atoms with Crippen molar-refractivity contribution in [3.63, 3.8) is 0 Å². The molecule has 1 aliphatic carbocycles. The Balaban J connectivity index is 1.58. The smallest absolute Gasteiger partial charge is 0.253 e. The van der Waals surface area contributed by atoms with E-state index in [-0.39, 0.29) is 29.6 Å². The number of hydrazine groups is 1. The van der Waals surface area contributed by atoms with Gasteiger partial charge in [-0.2, -0.15) is 0 Å². The van der Waals surface area contributed by atoms with E-state index >= 15 is 0 Å². The number of piperidine rings is 1. The minimum atomic E-state index is -0.324. The summed E-state index contributed by atoms with van der Waals surface area (Å²) in [5, 5.41) is 1.32. The molecule has 0 spiro atoms. The molecule has 136 valence electrons. The molecule has 2 aliphatic heterocycles. The molecule has 0 aromatic heterocycles. The van der Waals surface area contributed by atoms with E-state index in [1.54, 1.807) is 24.3 Å². The second kappa shape index (κ2) is 6.94. The summed E-state index contributed by atoms with van der Waals surface area (Å²) in [5.41, 5.74) is 3.81. The van der Waals surface area contributed by atoms with E-state index in [0.717, 1.165) is 32.4 Å². The van der Waals surface area contributed by atoms with E-state index in [1.807, 2.05) is 17.1 Å². The van der Waals surface area contributed by atoms with Crippen LogP contribution in [0, 0.1) is 11.8 Å². The Morgan fingerprint density at radius 1 is 1.00 bits per heavy atom. The van der Waals surface area contributed by atoms with Crippen molar-refractivity contribution in [3.05, 3.63) is 42.0 Å². The highest BCUT2D eigenvalue weighted by atomic mass is 16.2. The number of fused-ring (bicyclic) bond motifs is 1. The highest BCUT2D eigenvalue weighted by Gasteiger charge is 2.42. The van der Waals surface area contributed by atoms with Gasteiger partial charge in [0, 0.05) is 18.7 Å². The molecule has 3 aliphatic rings. The second-order valence-electron chi connectivity index (χ2n) is 7.21. The maximum Gasteiger partial charge on any atom is 0.253 e. The lowest BCUT2D eigenvalue weighted by Gasteiger charge is -2.38. The summed E-state index contributed by atoms with van der Waals surface area (Å²) >= 11 is 0. The number of nitrogens with one attached hydrogen (secondary N) is 1. The molecule has 0 bridgehead atoms. The first-order valence-corrected chi connectivity index (χ1v) is 9.34. The summed E-state index contributed by atoms with van der Waals surface area (Å²) in [6, 6.07) is 6.99. The number of anilines is 1. The number of hydrogen-bond donors (Lipinski definition) is 1. The third-order valence-corrected chi connectivity index (χ3v) is 5.52. The van der Waals surface area contributed by atoms with Crippen LogP contribution in [0.1, 0.15) is 42.5 Å². The fourth-order valence-corrected chi connectivity index (χ4v) is 4.04. The predicted molar refractivity (Wildman–Crippen MR) is 97.2 cm³/mol. The van der Waals surface area contributed by atoms with Crippen molar-refractivity contribution in [1.82, 2.24) is 10.3 Å². The number of rotatable bonds is 2. The molecular weight excluding hydrogens is 330 g/mol. The highest BCUT2D eigenvalue weighted by molar-refractivity contribution is 6.05. The molecule has 6 heteroatoms. The molecule has 4 rings (SSSR count). The van der Waals surface area contributed by atoms with E-state index in [2.05, 4.69) is 5.43 Å². The molecule has 3 amide bonds. The Kier molecular flexibility index (Phi) is 4.49. The van der Waals surface area contributed by atoms with Gasteiger partial charge in [0.05, 0.1) is 17.5 Å². The van der Waals surface area contributed by atoms with Crippen molar-refractivity contribution >= 4 is 23.4 Å². The molecule has 2 heterocycles. The van der Waals surface area contributed by atoms with Crippen LogP contribution in [-0.2, 0) is 9.59 Å². The van der Waals surface area contributed by atoms with Crippen molar-refractivity contribution < 1.29 is 14.4 Å². The Morgan fingerprint density at radius 2 is 1.73 bits per heavy atom. The molecule has 1 N–H and O–H groups in total. The summed E-state index contributed by atoms with van der Waals surface area (Å²) < 4.78 is 0. The van der Waals surface area contributed by atoms with E-state index in [4.69, 9.17) is 0 Å². The zero-order valence-corrected chi connectivity index (χ0v) is 14.7. The second-order valence-corrected chi connectivity index (χ2v) is 7.21.